The number of rotatable bonds is 8. The van der Waals surface area contributed by atoms with Gasteiger partial charge in [0.25, 0.3) is 11.7 Å². The molecular formula is C27H32N4O3. The van der Waals surface area contributed by atoms with Gasteiger partial charge in [-0.15, -0.1) is 0 Å². The number of benzene rings is 2. The van der Waals surface area contributed by atoms with Crippen LogP contribution in [0.1, 0.15) is 52.6 Å². The molecule has 1 aromatic heterocycles. The molecule has 2 heterocycles. The van der Waals surface area contributed by atoms with E-state index < -0.39 is 11.7 Å². The van der Waals surface area contributed by atoms with E-state index in [9.17, 15) is 9.59 Å². The van der Waals surface area contributed by atoms with Gasteiger partial charge in [0, 0.05) is 6.54 Å². The number of aromatic nitrogens is 2. The van der Waals surface area contributed by atoms with Crippen molar-refractivity contribution in [2.24, 2.45) is 0 Å². The molecule has 3 aromatic rings. The van der Waals surface area contributed by atoms with Crippen molar-refractivity contribution in [3.63, 3.8) is 0 Å². The van der Waals surface area contributed by atoms with Gasteiger partial charge in [-0.05, 0) is 69.6 Å². The van der Waals surface area contributed by atoms with Crippen molar-refractivity contribution in [3.8, 4) is 11.4 Å². The second-order valence-corrected chi connectivity index (χ2v) is 8.72. The first kappa shape index (κ1) is 23.7. The number of para-hydroxylation sites is 1. The molecule has 1 aliphatic rings. The minimum absolute atomic E-state index is 0.00260. The zero-order chi connectivity index (χ0) is 24.1. The van der Waals surface area contributed by atoms with Gasteiger partial charge >= 0.3 is 0 Å². The van der Waals surface area contributed by atoms with Gasteiger partial charge < -0.3 is 10.1 Å². The van der Waals surface area contributed by atoms with Crippen LogP contribution in [0.3, 0.4) is 0 Å². The summed E-state index contributed by atoms with van der Waals surface area (Å²) in [6, 6.07) is 17.5. The summed E-state index contributed by atoms with van der Waals surface area (Å²) in [5, 5.41) is 7.42. The van der Waals surface area contributed by atoms with Crippen LogP contribution in [-0.2, 0) is 4.79 Å². The Morgan fingerprint density at radius 3 is 2.32 bits per heavy atom. The minimum Gasteiger partial charge on any atom is -0.497 e. The third-order valence-corrected chi connectivity index (χ3v) is 6.51. The highest BCUT2D eigenvalue weighted by atomic mass is 16.5. The Morgan fingerprint density at radius 2 is 1.68 bits per heavy atom. The molecular weight excluding hydrogens is 428 g/mol. The Labute approximate surface area is 200 Å². The third-order valence-electron chi connectivity index (χ3n) is 6.51. The Hall–Kier alpha value is -3.45. The van der Waals surface area contributed by atoms with Gasteiger partial charge in [0.2, 0.25) is 0 Å². The van der Waals surface area contributed by atoms with E-state index in [1.165, 1.54) is 6.42 Å². The van der Waals surface area contributed by atoms with Crippen molar-refractivity contribution in [3.05, 3.63) is 77.1 Å². The van der Waals surface area contributed by atoms with E-state index in [0.29, 0.717) is 23.5 Å². The fourth-order valence-electron chi connectivity index (χ4n) is 4.69. The number of carbonyl (C=O) groups excluding carboxylic acids is 2. The lowest BCUT2D eigenvalue weighted by Crippen LogP contribution is -2.42. The van der Waals surface area contributed by atoms with Crippen molar-refractivity contribution >= 4 is 11.7 Å². The van der Waals surface area contributed by atoms with Gasteiger partial charge in [-0.2, -0.15) is 5.10 Å². The van der Waals surface area contributed by atoms with Crippen LogP contribution in [0.25, 0.3) is 5.69 Å². The molecule has 0 spiro atoms. The summed E-state index contributed by atoms with van der Waals surface area (Å²) in [5.74, 6) is -0.361. The van der Waals surface area contributed by atoms with E-state index in [-0.39, 0.29) is 6.04 Å². The summed E-state index contributed by atoms with van der Waals surface area (Å²) >= 11 is 0. The maximum Gasteiger partial charge on any atom is 0.292 e. The number of ether oxygens (including phenoxy) is 1. The molecule has 0 bridgehead atoms. The van der Waals surface area contributed by atoms with Crippen molar-refractivity contribution in [1.82, 2.24) is 20.0 Å². The molecule has 7 heteroatoms. The van der Waals surface area contributed by atoms with Crippen LogP contribution >= 0.6 is 0 Å². The molecule has 1 amide bonds. The maximum absolute atomic E-state index is 13.1. The predicted octanol–water partition coefficient (Wildman–Crippen LogP) is 4.02. The van der Waals surface area contributed by atoms with E-state index in [2.05, 4.69) is 15.3 Å². The number of ketones is 1. The quantitative estimate of drug-likeness (QED) is 0.406. The Kier molecular flexibility index (Phi) is 7.43. The van der Waals surface area contributed by atoms with Crippen LogP contribution in [0.4, 0.5) is 0 Å². The number of hydrogen-bond acceptors (Lipinski definition) is 5. The lowest BCUT2D eigenvalue weighted by molar-refractivity contribution is -0.117. The van der Waals surface area contributed by atoms with Gasteiger partial charge in [0.15, 0.2) is 0 Å². The zero-order valence-electron chi connectivity index (χ0n) is 20.1. The smallest absolute Gasteiger partial charge is 0.292 e. The van der Waals surface area contributed by atoms with E-state index >= 15 is 0 Å². The van der Waals surface area contributed by atoms with Gasteiger partial charge in [0.05, 0.1) is 35.8 Å². The van der Waals surface area contributed by atoms with Gasteiger partial charge in [-0.25, -0.2) is 4.68 Å². The average Bonchev–Trinajstić information content (AvgIpc) is 3.18. The minimum atomic E-state index is -0.602. The number of Topliss-reactive ketones (excluding diaryl/α,β-unsaturated/α-hetero) is 1. The Balaban J connectivity index is 1.51. The Morgan fingerprint density at radius 1 is 1.00 bits per heavy atom. The monoisotopic (exact) mass is 460 g/mol. The number of piperidine rings is 1. The van der Waals surface area contributed by atoms with E-state index in [1.807, 2.05) is 61.5 Å². The van der Waals surface area contributed by atoms with Crippen molar-refractivity contribution in [2.75, 3.05) is 26.7 Å². The maximum atomic E-state index is 13.1. The van der Waals surface area contributed by atoms with Crippen LogP contribution in [0.5, 0.6) is 5.75 Å². The number of carbonyl (C=O) groups is 2. The van der Waals surface area contributed by atoms with Crippen LogP contribution < -0.4 is 10.1 Å². The molecule has 1 saturated heterocycles. The van der Waals surface area contributed by atoms with Crippen molar-refractivity contribution in [2.45, 2.75) is 39.2 Å². The summed E-state index contributed by atoms with van der Waals surface area (Å²) in [5.41, 5.74) is 3.52. The van der Waals surface area contributed by atoms with E-state index in [0.717, 1.165) is 42.9 Å². The topological polar surface area (TPSA) is 76.5 Å². The SMILES string of the molecule is COc1ccc(C(CNC(=O)C(=O)c2c(C)nn(-c3ccccc3)c2C)N2CCCCC2)cc1. The standard InChI is InChI=1S/C27H32N4O3/c1-19-25(20(2)31(29-19)22-10-6-4-7-11-22)26(32)27(33)28-18-24(30-16-8-5-9-17-30)21-12-14-23(34-3)15-13-21/h4,6-7,10-15,24H,5,8-9,16-18H2,1-3H3,(H,28,33). The summed E-state index contributed by atoms with van der Waals surface area (Å²) in [7, 11) is 1.65. The average molecular weight is 461 g/mol. The molecule has 34 heavy (non-hydrogen) atoms. The number of aryl methyl sites for hydroxylation is 1. The summed E-state index contributed by atoms with van der Waals surface area (Å²) < 4.78 is 7.01. The number of amides is 1. The van der Waals surface area contributed by atoms with E-state index in [1.54, 1.807) is 18.7 Å². The van der Waals surface area contributed by atoms with Crippen molar-refractivity contribution in [1.29, 1.82) is 0 Å². The normalized spacial score (nSPS) is 15.0. The fourth-order valence-corrected chi connectivity index (χ4v) is 4.69. The highest BCUT2D eigenvalue weighted by molar-refractivity contribution is 6.43. The van der Waals surface area contributed by atoms with E-state index in [4.69, 9.17) is 4.74 Å². The van der Waals surface area contributed by atoms with Crippen LogP contribution in [0.2, 0.25) is 0 Å². The lowest BCUT2D eigenvalue weighted by atomic mass is 10.0. The first-order chi connectivity index (χ1) is 16.5. The number of nitrogens with one attached hydrogen (secondary N) is 1. The summed E-state index contributed by atoms with van der Waals surface area (Å²) in [6.07, 6.45) is 3.49. The predicted molar refractivity (Wildman–Crippen MR) is 132 cm³/mol. The third kappa shape index (κ3) is 5.04. The molecule has 1 fully saturated rings. The van der Waals surface area contributed by atoms with Crippen LogP contribution in [-0.4, -0.2) is 53.1 Å². The first-order valence-electron chi connectivity index (χ1n) is 11.8. The first-order valence-corrected chi connectivity index (χ1v) is 11.8. The molecule has 1 unspecified atom stereocenters. The second-order valence-electron chi connectivity index (χ2n) is 8.72. The largest absolute Gasteiger partial charge is 0.497 e. The van der Waals surface area contributed by atoms with Crippen LogP contribution in [0, 0.1) is 13.8 Å². The number of methoxy groups -OCH3 is 1. The highest BCUT2D eigenvalue weighted by Crippen LogP contribution is 2.26. The highest BCUT2D eigenvalue weighted by Gasteiger charge is 2.28. The molecule has 0 radical (unpaired) electrons. The lowest BCUT2D eigenvalue weighted by Gasteiger charge is -2.35. The van der Waals surface area contributed by atoms with Gasteiger partial charge in [-0.1, -0.05) is 36.8 Å². The molecule has 2 aromatic carbocycles. The molecule has 1 N–H and O–H groups in total. The number of hydrogen-bond donors (Lipinski definition) is 1. The van der Waals surface area contributed by atoms with Gasteiger partial charge in [0.1, 0.15) is 5.75 Å². The second kappa shape index (κ2) is 10.7. The van der Waals surface area contributed by atoms with Crippen molar-refractivity contribution < 1.29 is 14.3 Å². The van der Waals surface area contributed by atoms with Crippen LogP contribution in [0.15, 0.2) is 54.6 Å². The molecule has 178 valence electrons. The van der Waals surface area contributed by atoms with Gasteiger partial charge in [-0.3, -0.25) is 14.5 Å². The number of likely N-dealkylation sites (tertiary alicyclic amines) is 1. The summed E-state index contributed by atoms with van der Waals surface area (Å²) in [6.45, 7) is 5.90. The number of nitrogens with zero attached hydrogens (tertiary/aromatic N) is 3. The molecule has 1 aliphatic heterocycles. The Bertz CT molecular complexity index is 1130. The fraction of sp³-hybridized carbons (Fsp3) is 0.370. The zero-order valence-corrected chi connectivity index (χ0v) is 20.1. The molecule has 0 aliphatic carbocycles. The molecule has 1 atom stereocenters. The summed E-state index contributed by atoms with van der Waals surface area (Å²) in [4.78, 5) is 28.5. The molecule has 0 saturated carbocycles. The molecule has 4 rings (SSSR count). The molecule has 7 nitrogen and oxygen atoms in total.